The average molecular weight is 398 g/mol. The van der Waals surface area contributed by atoms with Crippen LogP contribution in [0.25, 0.3) is 0 Å². The molecule has 152 valence electrons. The molecule has 0 saturated carbocycles. The van der Waals surface area contributed by atoms with Crippen LogP contribution < -0.4 is 9.04 Å². The third kappa shape index (κ3) is 6.39. The van der Waals surface area contributed by atoms with Crippen molar-refractivity contribution in [3.8, 4) is 5.75 Å². The maximum absolute atomic E-state index is 12.5. The number of hydrogen-bond donors (Lipinski definition) is 0. The monoisotopic (exact) mass is 397 g/mol. The lowest BCUT2D eigenvalue weighted by Gasteiger charge is -2.34. The highest BCUT2D eigenvalue weighted by Gasteiger charge is 2.23. The fourth-order valence-corrected chi connectivity index (χ4v) is 4.05. The predicted octanol–water partition coefficient (Wildman–Crippen LogP) is 1.79. The number of sulfonamides is 1. The summed E-state index contributed by atoms with van der Waals surface area (Å²) in [4.78, 5) is 16.6. The van der Waals surface area contributed by atoms with Gasteiger partial charge in [-0.05, 0) is 44.7 Å². The van der Waals surface area contributed by atoms with Crippen LogP contribution in [0, 0.1) is 0 Å². The molecule has 7 nitrogen and oxygen atoms in total. The van der Waals surface area contributed by atoms with E-state index in [1.54, 1.807) is 24.3 Å². The Balaban J connectivity index is 2.00. The lowest BCUT2D eigenvalue weighted by molar-refractivity contribution is -0.132. The number of carbonyl (C=O) groups is 1. The Morgan fingerprint density at radius 2 is 1.74 bits per heavy atom. The summed E-state index contributed by atoms with van der Waals surface area (Å²) in [5.41, 5.74) is 0.539. The Kier molecular flexibility index (Phi) is 7.49. The molecule has 8 heteroatoms. The Hall–Kier alpha value is -1.80. The van der Waals surface area contributed by atoms with Gasteiger partial charge in [0.15, 0.2) is 0 Å². The van der Waals surface area contributed by atoms with Gasteiger partial charge in [-0.2, -0.15) is 0 Å². The van der Waals surface area contributed by atoms with Gasteiger partial charge < -0.3 is 14.5 Å². The molecule has 0 bridgehead atoms. The second-order valence-corrected chi connectivity index (χ2v) is 8.97. The van der Waals surface area contributed by atoms with Crippen molar-refractivity contribution in [3.05, 3.63) is 24.3 Å². The van der Waals surface area contributed by atoms with E-state index in [1.165, 1.54) is 4.31 Å². The van der Waals surface area contributed by atoms with Crippen molar-refractivity contribution < 1.29 is 17.9 Å². The van der Waals surface area contributed by atoms with Crippen molar-refractivity contribution in [2.75, 3.05) is 49.8 Å². The topological polar surface area (TPSA) is 70.2 Å². The molecule has 0 N–H and O–H groups in total. The van der Waals surface area contributed by atoms with E-state index in [0.717, 1.165) is 25.9 Å². The van der Waals surface area contributed by atoms with Gasteiger partial charge >= 0.3 is 0 Å². The highest BCUT2D eigenvalue weighted by atomic mass is 32.2. The van der Waals surface area contributed by atoms with Gasteiger partial charge in [0.05, 0.1) is 18.0 Å². The van der Waals surface area contributed by atoms with E-state index in [1.807, 2.05) is 18.7 Å². The number of piperazine rings is 1. The van der Waals surface area contributed by atoms with Crippen LogP contribution in [0.5, 0.6) is 5.75 Å². The summed E-state index contributed by atoms with van der Waals surface area (Å²) >= 11 is 0. The van der Waals surface area contributed by atoms with Gasteiger partial charge in [0, 0.05) is 39.1 Å². The molecule has 1 aromatic rings. The molecule has 2 rings (SSSR count). The molecule has 1 aliphatic heterocycles. The van der Waals surface area contributed by atoms with Crippen LogP contribution in [0.4, 0.5) is 5.69 Å². The first-order chi connectivity index (χ1) is 12.7. The molecule has 1 heterocycles. The van der Waals surface area contributed by atoms with Crippen molar-refractivity contribution in [2.24, 2.45) is 0 Å². The molecule has 0 aliphatic carbocycles. The summed E-state index contributed by atoms with van der Waals surface area (Å²) in [6.07, 6.45) is 1.38. The summed E-state index contributed by atoms with van der Waals surface area (Å²) in [5, 5.41) is 0. The summed E-state index contributed by atoms with van der Waals surface area (Å²) in [6.45, 7) is 10.2. The molecule has 1 aromatic carbocycles. The highest BCUT2D eigenvalue weighted by Crippen LogP contribution is 2.22. The van der Waals surface area contributed by atoms with E-state index in [-0.39, 0.29) is 25.0 Å². The molecule has 27 heavy (non-hydrogen) atoms. The summed E-state index contributed by atoms with van der Waals surface area (Å²) in [7, 11) is -3.48. The zero-order valence-corrected chi connectivity index (χ0v) is 17.5. The van der Waals surface area contributed by atoms with Gasteiger partial charge in [-0.3, -0.25) is 9.10 Å². The number of rotatable bonds is 8. The Morgan fingerprint density at radius 3 is 2.22 bits per heavy atom. The number of anilines is 1. The molecular formula is C19H31N3O4S. The number of carbonyl (C=O) groups excluding carboxylic acids is 1. The van der Waals surface area contributed by atoms with Gasteiger partial charge in [-0.15, -0.1) is 0 Å². The quantitative estimate of drug-likeness (QED) is 0.669. The molecular weight excluding hydrogens is 366 g/mol. The van der Waals surface area contributed by atoms with E-state index in [9.17, 15) is 13.2 Å². The maximum atomic E-state index is 12.5. The van der Waals surface area contributed by atoms with Crippen LogP contribution in [0.1, 0.15) is 27.2 Å². The van der Waals surface area contributed by atoms with Gasteiger partial charge in [0.1, 0.15) is 5.75 Å². The van der Waals surface area contributed by atoms with Gasteiger partial charge in [-0.1, -0.05) is 6.92 Å². The molecule has 0 radical (unpaired) electrons. The zero-order chi connectivity index (χ0) is 20.0. The summed E-state index contributed by atoms with van der Waals surface area (Å²) < 4.78 is 31.3. The minimum Gasteiger partial charge on any atom is -0.491 e. The fraction of sp³-hybridized carbons (Fsp3) is 0.632. The van der Waals surface area contributed by atoms with Gasteiger partial charge in [-0.25, -0.2) is 8.42 Å². The van der Waals surface area contributed by atoms with E-state index >= 15 is 0 Å². The van der Waals surface area contributed by atoms with Gasteiger partial charge in [0.25, 0.3) is 0 Å². The van der Waals surface area contributed by atoms with Crippen molar-refractivity contribution in [1.29, 1.82) is 0 Å². The SMILES string of the molecule is CCN1CCN(C(=O)CCN(c2ccc(OC(C)C)cc2)S(C)(=O)=O)CC1. The predicted molar refractivity (Wildman–Crippen MR) is 108 cm³/mol. The van der Waals surface area contributed by atoms with E-state index in [2.05, 4.69) is 11.8 Å². The number of benzene rings is 1. The first-order valence-corrected chi connectivity index (χ1v) is 11.3. The molecule has 1 saturated heterocycles. The first kappa shape index (κ1) is 21.5. The number of likely N-dealkylation sites (N-methyl/N-ethyl adjacent to an activating group) is 1. The van der Waals surface area contributed by atoms with Crippen LogP contribution in [-0.2, 0) is 14.8 Å². The number of hydrogen-bond acceptors (Lipinski definition) is 5. The van der Waals surface area contributed by atoms with Crippen LogP contribution in [0.2, 0.25) is 0 Å². The largest absolute Gasteiger partial charge is 0.491 e. The standard InChI is InChI=1S/C19H31N3O4S/c1-5-20-12-14-21(15-13-20)19(23)10-11-22(27(4,24)25)17-6-8-18(9-7-17)26-16(2)3/h6-9,16H,5,10-15H2,1-4H3. The van der Waals surface area contributed by atoms with E-state index in [4.69, 9.17) is 4.74 Å². The third-order valence-electron chi connectivity index (χ3n) is 4.60. The lowest BCUT2D eigenvalue weighted by Crippen LogP contribution is -2.49. The van der Waals surface area contributed by atoms with E-state index < -0.39 is 10.0 Å². The molecule has 0 aromatic heterocycles. The number of ether oxygens (including phenoxy) is 1. The lowest BCUT2D eigenvalue weighted by atomic mass is 10.2. The van der Waals surface area contributed by atoms with Crippen LogP contribution in [0.3, 0.4) is 0 Å². The summed E-state index contributed by atoms with van der Waals surface area (Å²) in [5.74, 6) is 0.686. The minimum absolute atomic E-state index is 0.000774. The molecule has 0 atom stereocenters. The Bertz CT molecular complexity index is 711. The van der Waals surface area contributed by atoms with E-state index in [0.29, 0.717) is 24.5 Å². The third-order valence-corrected chi connectivity index (χ3v) is 5.79. The van der Waals surface area contributed by atoms with Gasteiger partial charge in [0.2, 0.25) is 15.9 Å². The normalized spacial score (nSPS) is 15.8. The average Bonchev–Trinajstić information content (AvgIpc) is 2.61. The number of nitrogens with zero attached hydrogens (tertiary/aromatic N) is 3. The molecule has 0 spiro atoms. The molecule has 0 unspecified atom stereocenters. The maximum Gasteiger partial charge on any atom is 0.232 e. The molecule has 1 amide bonds. The molecule has 1 aliphatic rings. The Labute approximate surface area is 162 Å². The van der Waals surface area contributed by atoms with Crippen molar-refractivity contribution in [1.82, 2.24) is 9.80 Å². The van der Waals surface area contributed by atoms with Crippen molar-refractivity contribution in [2.45, 2.75) is 33.3 Å². The smallest absolute Gasteiger partial charge is 0.232 e. The number of amides is 1. The first-order valence-electron chi connectivity index (χ1n) is 9.45. The van der Waals surface area contributed by atoms with Crippen LogP contribution in [0.15, 0.2) is 24.3 Å². The van der Waals surface area contributed by atoms with Crippen molar-refractivity contribution in [3.63, 3.8) is 0 Å². The minimum atomic E-state index is -3.48. The Morgan fingerprint density at radius 1 is 1.15 bits per heavy atom. The highest BCUT2D eigenvalue weighted by molar-refractivity contribution is 7.92. The summed E-state index contributed by atoms with van der Waals surface area (Å²) in [6, 6.07) is 6.92. The van der Waals surface area contributed by atoms with Crippen LogP contribution in [-0.4, -0.2) is 75.8 Å². The van der Waals surface area contributed by atoms with Crippen LogP contribution >= 0.6 is 0 Å². The fourth-order valence-electron chi connectivity index (χ4n) is 3.12. The second kappa shape index (κ2) is 9.41. The zero-order valence-electron chi connectivity index (χ0n) is 16.7. The molecule has 1 fully saturated rings. The van der Waals surface area contributed by atoms with Crippen molar-refractivity contribution >= 4 is 21.6 Å². The second-order valence-electron chi connectivity index (χ2n) is 7.06.